The van der Waals surface area contributed by atoms with Crippen LogP contribution in [0.15, 0.2) is 18.3 Å². The molecule has 0 aromatic carbocycles. The molecular weight excluding hydrogens is 214 g/mol. The third kappa shape index (κ3) is 5.04. The number of carbonyl (C=O) groups is 1. The van der Waals surface area contributed by atoms with Gasteiger partial charge in [-0.05, 0) is 25.5 Å². The van der Waals surface area contributed by atoms with Crippen molar-refractivity contribution in [1.82, 2.24) is 15.2 Å². The van der Waals surface area contributed by atoms with Crippen molar-refractivity contribution in [1.29, 1.82) is 0 Å². The highest BCUT2D eigenvalue weighted by molar-refractivity contribution is 5.75. The summed E-state index contributed by atoms with van der Waals surface area (Å²) in [5, 5.41) is 6.15. The Kier molecular flexibility index (Phi) is 6.40. The average molecular weight is 237 g/mol. The van der Waals surface area contributed by atoms with Crippen LogP contribution in [0.25, 0.3) is 0 Å². The van der Waals surface area contributed by atoms with Crippen molar-refractivity contribution in [2.75, 3.05) is 13.1 Å². The molecule has 0 saturated heterocycles. The van der Waals surface area contributed by atoms with Gasteiger partial charge in [0.1, 0.15) is 0 Å². The highest BCUT2D eigenvalue weighted by atomic mass is 16.1. The maximum absolute atomic E-state index is 11.3. The van der Waals surface area contributed by atoms with Crippen LogP contribution in [0.4, 0.5) is 0 Å². The van der Waals surface area contributed by atoms with Crippen molar-refractivity contribution >= 4 is 5.91 Å². The van der Waals surface area contributed by atoms with Crippen molar-refractivity contribution in [2.45, 2.75) is 39.8 Å². The van der Waals surface area contributed by atoms with Gasteiger partial charge in [0, 0.05) is 44.5 Å². The van der Waals surface area contributed by atoms with Crippen LogP contribution in [0.3, 0.4) is 0 Å². The minimum Gasteiger partial charge on any atom is -0.356 e. The molecule has 0 spiro atoms. The molecule has 1 heterocycles. The minimum atomic E-state index is 0.130. The molecule has 1 aromatic heterocycles. The lowest BCUT2D eigenvalue weighted by Crippen LogP contribution is -2.28. The SMILES string of the molecule is CCCNC(=O)CCNCc1cccn1CC. The van der Waals surface area contributed by atoms with Crippen molar-refractivity contribution in [2.24, 2.45) is 0 Å². The van der Waals surface area contributed by atoms with Crippen molar-refractivity contribution in [3.8, 4) is 0 Å². The number of nitrogens with zero attached hydrogens (tertiary/aromatic N) is 1. The molecular formula is C13H23N3O. The summed E-state index contributed by atoms with van der Waals surface area (Å²) < 4.78 is 2.20. The fraction of sp³-hybridized carbons (Fsp3) is 0.615. The van der Waals surface area contributed by atoms with Crippen LogP contribution < -0.4 is 10.6 Å². The maximum Gasteiger partial charge on any atom is 0.221 e. The molecule has 1 amide bonds. The Balaban J connectivity index is 2.14. The highest BCUT2D eigenvalue weighted by Crippen LogP contribution is 2.01. The molecule has 1 aromatic rings. The number of hydrogen-bond acceptors (Lipinski definition) is 2. The number of carbonyl (C=O) groups excluding carboxylic acids is 1. The zero-order valence-electron chi connectivity index (χ0n) is 10.8. The molecule has 0 saturated carbocycles. The maximum atomic E-state index is 11.3. The molecule has 96 valence electrons. The number of aryl methyl sites for hydroxylation is 1. The minimum absolute atomic E-state index is 0.130. The summed E-state index contributed by atoms with van der Waals surface area (Å²) in [6.07, 6.45) is 3.61. The van der Waals surface area contributed by atoms with Gasteiger partial charge in [-0.3, -0.25) is 4.79 Å². The van der Waals surface area contributed by atoms with Gasteiger partial charge in [0.2, 0.25) is 5.91 Å². The van der Waals surface area contributed by atoms with E-state index in [2.05, 4.69) is 47.4 Å². The second-order valence-corrected chi connectivity index (χ2v) is 4.06. The first kappa shape index (κ1) is 13.8. The Bertz CT molecular complexity index is 333. The van der Waals surface area contributed by atoms with Crippen molar-refractivity contribution < 1.29 is 4.79 Å². The Hall–Kier alpha value is -1.29. The third-order valence-corrected chi connectivity index (χ3v) is 2.67. The molecule has 2 N–H and O–H groups in total. The van der Waals surface area contributed by atoms with Gasteiger partial charge >= 0.3 is 0 Å². The van der Waals surface area contributed by atoms with Crippen LogP contribution >= 0.6 is 0 Å². The van der Waals surface area contributed by atoms with E-state index in [1.807, 2.05) is 0 Å². The fourth-order valence-electron chi connectivity index (χ4n) is 1.69. The third-order valence-electron chi connectivity index (χ3n) is 2.67. The zero-order valence-corrected chi connectivity index (χ0v) is 10.8. The van der Waals surface area contributed by atoms with E-state index >= 15 is 0 Å². The largest absolute Gasteiger partial charge is 0.356 e. The fourth-order valence-corrected chi connectivity index (χ4v) is 1.69. The standard InChI is InChI=1S/C13H23N3O/c1-3-8-15-13(17)7-9-14-11-12-6-5-10-16(12)4-2/h5-6,10,14H,3-4,7-9,11H2,1-2H3,(H,15,17). The summed E-state index contributed by atoms with van der Waals surface area (Å²) in [7, 11) is 0. The van der Waals surface area contributed by atoms with Gasteiger partial charge in [-0.25, -0.2) is 0 Å². The molecule has 1 rings (SSSR count). The molecule has 0 aliphatic carbocycles. The monoisotopic (exact) mass is 237 g/mol. The number of hydrogen-bond donors (Lipinski definition) is 2. The Morgan fingerprint density at radius 3 is 2.88 bits per heavy atom. The number of nitrogens with one attached hydrogen (secondary N) is 2. The first-order chi connectivity index (χ1) is 8.27. The summed E-state index contributed by atoms with van der Waals surface area (Å²) in [6, 6.07) is 4.15. The van der Waals surface area contributed by atoms with Gasteiger partial charge in [-0.15, -0.1) is 0 Å². The van der Waals surface area contributed by atoms with E-state index in [0.29, 0.717) is 6.42 Å². The van der Waals surface area contributed by atoms with E-state index in [1.54, 1.807) is 0 Å². The van der Waals surface area contributed by atoms with E-state index < -0.39 is 0 Å². The van der Waals surface area contributed by atoms with E-state index in [4.69, 9.17) is 0 Å². The number of amides is 1. The summed E-state index contributed by atoms with van der Waals surface area (Å²) >= 11 is 0. The van der Waals surface area contributed by atoms with Gasteiger partial charge in [0.25, 0.3) is 0 Å². The van der Waals surface area contributed by atoms with Gasteiger partial charge in [-0.2, -0.15) is 0 Å². The first-order valence-electron chi connectivity index (χ1n) is 6.39. The normalized spacial score (nSPS) is 10.5. The van der Waals surface area contributed by atoms with Crippen LogP contribution in [0.5, 0.6) is 0 Å². The van der Waals surface area contributed by atoms with E-state index in [9.17, 15) is 4.79 Å². The second-order valence-electron chi connectivity index (χ2n) is 4.06. The molecule has 4 nitrogen and oxygen atoms in total. The summed E-state index contributed by atoms with van der Waals surface area (Å²) in [6.45, 7) is 7.49. The molecule has 0 aliphatic heterocycles. The van der Waals surface area contributed by atoms with Crippen LogP contribution in [0.1, 0.15) is 32.4 Å². The molecule has 17 heavy (non-hydrogen) atoms. The quantitative estimate of drug-likeness (QED) is 0.673. The number of aromatic nitrogens is 1. The predicted molar refractivity (Wildman–Crippen MR) is 69.7 cm³/mol. The van der Waals surface area contributed by atoms with Gasteiger partial charge in [0.15, 0.2) is 0 Å². The first-order valence-corrected chi connectivity index (χ1v) is 6.39. The Morgan fingerprint density at radius 2 is 2.18 bits per heavy atom. The molecule has 0 bridgehead atoms. The summed E-state index contributed by atoms with van der Waals surface area (Å²) in [5.41, 5.74) is 1.27. The van der Waals surface area contributed by atoms with Crippen LogP contribution in [0, 0.1) is 0 Å². The van der Waals surface area contributed by atoms with Crippen LogP contribution in [0.2, 0.25) is 0 Å². The van der Waals surface area contributed by atoms with E-state index in [0.717, 1.165) is 32.6 Å². The van der Waals surface area contributed by atoms with E-state index in [1.165, 1.54) is 5.69 Å². The second kappa shape index (κ2) is 7.90. The van der Waals surface area contributed by atoms with Gasteiger partial charge < -0.3 is 15.2 Å². The van der Waals surface area contributed by atoms with E-state index in [-0.39, 0.29) is 5.91 Å². The predicted octanol–water partition coefficient (Wildman–Crippen LogP) is 1.51. The molecule has 0 atom stereocenters. The average Bonchev–Trinajstić information content (AvgIpc) is 2.79. The molecule has 4 heteroatoms. The Morgan fingerprint density at radius 1 is 1.35 bits per heavy atom. The lowest BCUT2D eigenvalue weighted by atomic mass is 10.3. The molecule has 0 fully saturated rings. The van der Waals surface area contributed by atoms with Crippen molar-refractivity contribution in [3.63, 3.8) is 0 Å². The molecule has 0 radical (unpaired) electrons. The zero-order chi connectivity index (χ0) is 12.5. The number of rotatable bonds is 8. The molecule has 0 unspecified atom stereocenters. The molecule has 0 aliphatic rings. The Labute approximate surface area is 103 Å². The lowest BCUT2D eigenvalue weighted by Gasteiger charge is -2.08. The topological polar surface area (TPSA) is 46.1 Å². The summed E-state index contributed by atoms with van der Waals surface area (Å²) in [4.78, 5) is 11.3. The van der Waals surface area contributed by atoms with Crippen LogP contribution in [-0.2, 0) is 17.9 Å². The van der Waals surface area contributed by atoms with Crippen LogP contribution in [-0.4, -0.2) is 23.6 Å². The summed E-state index contributed by atoms with van der Waals surface area (Å²) in [5.74, 6) is 0.130. The van der Waals surface area contributed by atoms with Crippen molar-refractivity contribution in [3.05, 3.63) is 24.0 Å². The highest BCUT2D eigenvalue weighted by Gasteiger charge is 2.01. The smallest absolute Gasteiger partial charge is 0.221 e. The lowest BCUT2D eigenvalue weighted by molar-refractivity contribution is -0.120. The van der Waals surface area contributed by atoms with Gasteiger partial charge in [0.05, 0.1) is 0 Å². The van der Waals surface area contributed by atoms with Gasteiger partial charge in [-0.1, -0.05) is 6.92 Å².